The van der Waals surface area contributed by atoms with E-state index in [2.05, 4.69) is 58.7 Å². The molecule has 96 valence electrons. The third-order valence-electron chi connectivity index (χ3n) is 4.04. The van der Waals surface area contributed by atoms with Crippen molar-refractivity contribution in [1.82, 2.24) is 4.90 Å². The Morgan fingerprint density at radius 2 is 1.50 bits per heavy atom. The second kappa shape index (κ2) is 7.28. The minimum atomic E-state index is -1.15. The Hall–Kier alpha value is -0.0831. The maximum absolute atomic E-state index is 4.09. The van der Waals surface area contributed by atoms with Crippen molar-refractivity contribution in [2.24, 2.45) is 0 Å². The topological polar surface area (TPSA) is 3.24 Å². The smallest absolute Gasteiger partial charge is 0.0777 e. The summed E-state index contributed by atoms with van der Waals surface area (Å²) in [5.74, 6) is 0. The lowest BCUT2D eigenvalue weighted by Crippen LogP contribution is -2.42. The van der Waals surface area contributed by atoms with Gasteiger partial charge in [0, 0.05) is 12.1 Å². The molecule has 0 aromatic carbocycles. The number of hydrogen-bond donors (Lipinski definition) is 0. The van der Waals surface area contributed by atoms with E-state index in [-0.39, 0.29) is 0 Å². The minimum Gasteiger partial charge on any atom is -0.299 e. The SMILES string of the molecule is C=C[Si](CC)(CC)CCN(C(C)C)C(C)C. The summed E-state index contributed by atoms with van der Waals surface area (Å²) in [4.78, 5) is 2.61. The van der Waals surface area contributed by atoms with Crippen LogP contribution in [0.15, 0.2) is 12.3 Å². The van der Waals surface area contributed by atoms with Gasteiger partial charge in [0.2, 0.25) is 0 Å². The van der Waals surface area contributed by atoms with Gasteiger partial charge in [-0.1, -0.05) is 25.9 Å². The Morgan fingerprint density at radius 3 is 1.75 bits per heavy atom. The number of nitrogens with zero attached hydrogens (tertiary/aromatic N) is 1. The molecule has 0 aliphatic heterocycles. The zero-order chi connectivity index (χ0) is 12.8. The molecule has 0 fully saturated rings. The average molecular weight is 241 g/mol. The molecule has 0 atom stereocenters. The fraction of sp³-hybridized carbons (Fsp3) is 0.857. The fourth-order valence-electron chi connectivity index (χ4n) is 2.46. The highest BCUT2D eigenvalue weighted by Crippen LogP contribution is 2.23. The summed E-state index contributed by atoms with van der Waals surface area (Å²) in [5.41, 5.74) is 2.31. The minimum absolute atomic E-state index is 0.658. The van der Waals surface area contributed by atoms with Gasteiger partial charge in [-0.05, 0) is 40.3 Å². The highest BCUT2D eigenvalue weighted by Gasteiger charge is 2.26. The van der Waals surface area contributed by atoms with Crippen molar-refractivity contribution in [1.29, 1.82) is 0 Å². The summed E-state index contributed by atoms with van der Waals surface area (Å²) in [6.45, 7) is 19.2. The van der Waals surface area contributed by atoms with Crippen LogP contribution in [0.2, 0.25) is 18.1 Å². The van der Waals surface area contributed by atoms with Gasteiger partial charge in [0.25, 0.3) is 0 Å². The van der Waals surface area contributed by atoms with Crippen LogP contribution in [0.3, 0.4) is 0 Å². The third kappa shape index (κ3) is 4.42. The van der Waals surface area contributed by atoms with Crippen LogP contribution in [0.5, 0.6) is 0 Å². The maximum Gasteiger partial charge on any atom is 0.0777 e. The second-order valence-corrected chi connectivity index (χ2v) is 10.5. The van der Waals surface area contributed by atoms with Crippen LogP contribution in [0.4, 0.5) is 0 Å². The summed E-state index contributed by atoms with van der Waals surface area (Å²) in [6, 6.07) is 5.38. The van der Waals surface area contributed by atoms with Gasteiger partial charge in [-0.25, -0.2) is 0 Å². The molecule has 0 amide bonds. The molecule has 1 nitrogen and oxygen atoms in total. The zero-order valence-corrected chi connectivity index (χ0v) is 13.2. The summed E-state index contributed by atoms with van der Waals surface area (Å²) >= 11 is 0. The van der Waals surface area contributed by atoms with Crippen molar-refractivity contribution >= 4 is 8.07 Å². The molecule has 0 saturated carbocycles. The zero-order valence-electron chi connectivity index (χ0n) is 12.2. The van der Waals surface area contributed by atoms with E-state index in [0.717, 1.165) is 0 Å². The standard InChI is InChI=1S/C14H31NSi/c1-8-16(9-2,10-3)12-11-15(13(4)5)14(6)7/h8,13-14H,1,9-12H2,2-7H3. The third-order valence-corrected chi connectivity index (χ3v) is 8.94. The predicted molar refractivity (Wildman–Crippen MR) is 78.7 cm³/mol. The van der Waals surface area contributed by atoms with Crippen molar-refractivity contribution < 1.29 is 0 Å². The van der Waals surface area contributed by atoms with Gasteiger partial charge in [0.15, 0.2) is 0 Å². The molecule has 0 heterocycles. The predicted octanol–water partition coefficient (Wildman–Crippen LogP) is 4.32. The molecule has 0 aromatic heterocycles. The molecule has 0 N–H and O–H groups in total. The van der Waals surface area contributed by atoms with E-state index in [1.54, 1.807) is 0 Å². The van der Waals surface area contributed by atoms with Crippen LogP contribution in [-0.4, -0.2) is 31.6 Å². The Labute approximate surface area is 104 Å². The van der Waals surface area contributed by atoms with E-state index in [1.165, 1.54) is 24.7 Å². The summed E-state index contributed by atoms with van der Waals surface area (Å²) in [6.07, 6.45) is 0. The van der Waals surface area contributed by atoms with Crippen LogP contribution in [0.1, 0.15) is 41.5 Å². The molecule has 0 aromatic rings. The molecule has 0 saturated heterocycles. The summed E-state index contributed by atoms with van der Waals surface area (Å²) < 4.78 is 0. The van der Waals surface area contributed by atoms with Crippen molar-refractivity contribution in [2.45, 2.75) is 71.8 Å². The average Bonchev–Trinajstić information content (AvgIpc) is 2.24. The van der Waals surface area contributed by atoms with E-state index in [4.69, 9.17) is 0 Å². The van der Waals surface area contributed by atoms with E-state index in [1.807, 2.05) is 0 Å². The van der Waals surface area contributed by atoms with Crippen LogP contribution in [0, 0.1) is 0 Å². The Balaban J connectivity index is 4.43. The van der Waals surface area contributed by atoms with Crippen molar-refractivity contribution in [3.63, 3.8) is 0 Å². The van der Waals surface area contributed by atoms with E-state index in [9.17, 15) is 0 Å². The Kier molecular flexibility index (Phi) is 7.25. The highest BCUT2D eigenvalue weighted by atomic mass is 28.3. The van der Waals surface area contributed by atoms with Gasteiger partial charge in [-0.2, -0.15) is 0 Å². The Morgan fingerprint density at radius 1 is 1.06 bits per heavy atom. The van der Waals surface area contributed by atoms with Crippen LogP contribution in [0.25, 0.3) is 0 Å². The van der Waals surface area contributed by atoms with Gasteiger partial charge in [0.1, 0.15) is 0 Å². The monoisotopic (exact) mass is 241 g/mol. The molecule has 0 bridgehead atoms. The first-order valence-corrected chi connectivity index (χ1v) is 9.51. The molecular weight excluding hydrogens is 210 g/mol. The number of hydrogen-bond acceptors (Lipinski definition) is 1. The molecule has 16 heavy (non-hydrogen) atoms. The molecular formula is C14H31NSi. The van der Waals surface area contributed by atoms with Gasteiger partial charge in [0.05, 0.1) is 8.07 Å². The molecule has 0 aliphatic rings. The van der Waals surface area contributed by atoms with E-state index >= 15 is 0 Å². The Bertz CT molecular complexity index is 187. The van der Waals surface area contributed by atoms with Crippen molar-refractivity contribution in [2.75, 3.05) is 6.54 Å². The molecule has 2 heteroatoms. The lowest BCUT2D eigenvalue weighted by molar-refractivity contribution is 0.184. The molecule has 0 unspecified atom stereocenters. The van der Waals surface area contributed by atoms with Crippen LogP contribution in [-0.2, 0) is 0 Å². The van der Waals surface area contributed by atoms with Gasteiger partial charge < -0.3 is 0 Å². The highest BCUT2D eigenvalue weighted by molar-refractivity contribution is 6.84. The van der Waals surface area contributed by atoms with Gasteiger partial charge in [-0.15, -0.1) is 12.3 Å². The first-order chi connectivity index (χ1) is 7.42. The van der Waals surface area contributed by atoms with E-state index < -0.39 is 8.07 Å². The molecule has 0 rings (SSSR count). The largest absolute Gasteiger partial charge is 0.299 e. The molecule has 0 aliphatic carbocycles. The van der Waals surface area contributed by atoms with E-state index in [0.29, 0.717) is 12.1 Å². The molecule has 0 spiro atoms. The van der Waals surface area contributed by atoms with Gasteiger partial charge in [-0.3, -0.25) is 4.90 Å². The lowest BCUT2D eigenvalue weighted by atomic mass is 10.2. The fourth-order valence-corrected chi connectivity index (χ4v) is 5.15. The van der Waals surface area contributed by atoms with Crippen molar-refractivity contribution in [3.05, 3.63) is 12.3 Å². The maximum atomic E-state index is 4.09. The van der Waals surface area contributed by atoms with Crippen molar-refractivity contribution in [3.8, 4) is 0 Å². The first-order valence-electron chi connectivity index (χ1n) is 6.81. The van der Waals surface area contributed by atoms with Gasteiger partial charge >= 0.3 is 0 Å². The van der Waals surface area contributed by atoms with Crippen LogP contribution < -0.4 is 0 Å². The summed E-state index contributed by atoms with van der Waals surface area (Å²) in [7, 11) is -1.15. The number of rotatable bonds is 8. The first kappa shape index (κ1) is 15.9. The normalized spacial score (nSPS) is 12.8. The molecule has 0 radical (unpaired) electrons. The lowest BCUT2D eigenvalue weighted by Gasteiger charge is -2.34. The second-order valence-electron chi connectivity index (χ2n) is 5.45. The quantitative estimate of drug-likeness (QED) is 0.572. The summed E-state index contributed by atoms with van der Waals surface area (Å²) in [5, 5.41) is 0. The van der Waals surface area contributed by atoms with Crippen LogP contribution >= 0.6 is 0 Å².